The summed E-state index contributed by atoms with van der Waals surface area (Å²) in [6, 6.07) is 5.66. The summed E-state index contributed by atoms with van der Waals surface area (Å²) < 4.78 is 1.84. The summed E-state index contributed by atoms with van der Waals surface area (Å²) in [6.07, 6.45) is 4.14. The Balaban J connectivity index is 1.93. The van der Waals surface area contributed by atoms with Crippen LogP contribution < -0.4 is 5.32 Å². The smallest absolute Gasteiger partial charge is 0.252 e. The second-order valence-corrected chi connectivity index (χ2v) is 5.78. The zero-order valence-corrected chi connectivity index (χ0v) is 13.2. The molecule has 0 saturated heterocycles. The minimum absolute atomic E-state index is 0.0554. The van der Waals surface area contributed by atoms with Crippen LogP contribution in [0.3, 0.4) is 0 Å². The van der Waals surface area contributed by atoms with Gasteiger partial charge in [-0.3, -0.25) is 4.79 Å². The Morgan fingerprint density at radius 2 is 2.33 bits per heavy atom. The largest absolute Gasteiger partial charge is 0.352 e. The van der Waals surface area contributed by atoms with Crippen LogP contribution in [0.25, 0.3) is 0 Å². The number of nitrogens with zero attached hydrogens (tertiary/aromatic N) is 1. The summed E-state index contributed by atoms with van der Waals surface area (Å²) in [4.78, 5) is 18.9. The minimum atomic E-state index is -0.0554. The summed E-state index contributed by atoms with van der Waals surface area (Å²) in [5.41, 5.74) is 1.70. The Morgan fingerprint density at radius 1 is 1.50 bits per heavy atom. The number of amides is 1. The molecule has 1 amide bonds. The van der Waals surface area contributed by atoms with Crippen molar-refractivity contribution in [3.8, 4) is 0 Å². The highest BCUT2D eigenvalue weighted by atomic mass is 127. The first-order valence-corrected chi connectivity index (χ1v) is 7.24. The Labute approximate surface area is 127 Å². The van der Waals surface area contributed by atoms with Crippen LogP contribution in [0.5, 0.6) is 0 Å². The summed E-state index contributed by atoms with van der Waals surface area (Å²) in [5.74, 6) is -0.0554. The molecule has 0 aliphatic heterocycles. The van der Waals surface area contributed by atoms with Crippen molar-refractivity contribution in [2.24, 2.45) is 0 Å². The van der Waals surface area contributed by atoms with E-state index in [1.807, 2.05) is 18.2 Å². The predicted molar refractivity (Wildman–Crippen MR) is 81.5 cm³/mol. The lowest BCUT2D eigenvalue weighted by molar-refractivity contribution is 0.0953. The van der Waals surface area contributed by atoms with Crippen LogP contribution in [-0.4, -0.2) is 22.4 Å². The standard InChI is InChI=1S/C12H11BrIN3O/c13-8-1-2-11(14)10(5-8)12(18)16-4-3-9-6-15-7-17-9/h1-2,5-7H,3-4H2,(H,15,17)(H,16,18). The number of benzene rings is 1. The number of nitrogens with one attached hydrogen (secondary N) is 2. The van der Waals surface area contributed by atoms with Gasteiger partial charge in [-0.15, -0.1) is 0 Å². The van der Waals surface area contributed by atoms with Gasteiger partial charge in [-0.2, -0.15) is 0 Å². The molecule has 4 nitrogen and oxygen atoms in total. The molecular weight excluding hydrogens is 409 g/mol. The van der Waals surface area contributed by atoms with E-state index in [9.17, 15) is 4.79 Å². The zero-order valence-electron chi connectivity index (χ0n) is 9.41. The summed E-state index contributed by atoms with van der Waals surface area (Å²) >= 11 is 5.52. The van der Waals surface area contributed by atoms with E-state index in [0.29, 0.717) is 12.1 Å². The molecular formula is C12H11BrIN3O. The van der Waals surface area contributed by atoms with E-state index in [1.165, 1.54) is 0 Å². The number of imidazole rings is 1. The molecule has 94 valence electrons. The molecule has 0 radical (unpaired) electrons. The van der Waals surface area contributed by atoms with Crippen molar-refractivity contribution in [2.75, 3.05) is 6.54 Å². The van der Waals surface area contributed by atoms with Crippen molar-refractivity contribution in [3.05, 3.63) is 50.0 Å². The fraction of sp³-hybridized carbons (Fsp3) is 0.167. The molecule has 0 aliphatic carbocycles. The highest BCUT2D eigenvalue weighted by Crippen LogP contribution is 2.18. The average Bonchev–Trinajstić information content (AvgIpc) is 2.85. The van der Waals surface area contributed by atoms with Crippen LogP contribution in [0.15, 0.2) is 35.2 Å². The maximum atomic E-state index is 12.0. The van der Waals surface area contributed by atoms with Crippen molar-refractivity contribution < 1.29 is 4.79 Å². The second-order valence-electron chi connectivity index (χ2n) is 3.71. The van der Waals surface area contributed by atoms with Crippen LogP contribution in [0.2, 0.25) is 0 Å². The fourth-order valence-electron chi connectivity index (χ4n) is 1.50. The van der Waals surface area contributed by atoms with Crippen molar-refractivity contribution in [1.29, 1.82) is 0 Å². The van der Waals surface area contributed by atoms with Gasteiger partial charge in [0.05, 0.1) is 11.9 Å². The zero-order chi connectivity index (χ0) is 13.0. The lowest BCUT2D eigenvalue weighted by Gasteiger charge is -2.06. The van der Waals surface area contributed by atoms with Crippen LogP contribution in [0.4, 0.5) is 0 Å². The van der Waals surface area contributed by atoms with E-state index in [4.69, 9.17) is 0 Å². The van der Waals surface area contributed by atoms with Gasteiger partial charge in [0.2, 0.25) is 0 Å². The number of aromatic amines is 1. The van der Waals surface area contributed by atoms with Crippen molar-refractivity contribution in [2.45, 2.75) is 6.42 Å². The molecule has 0 saturated carbocycles. The molecule has 6 heteroatoms. The molecule has 2 aromatic rings. The number of carbonyl (C=O) groups is 1. The molecule has 0 unspecified atom stereocenters. The summed E-state index contributed by atoms with van der Waals surface area (Å²) in [5, 5.41) is 2.89. The normalized spacial score (nSPS) is 10.3. The highest BCUT2D eigenvalue weighted by molar-refractivity contribution is 14.1. The SMILES string of the molecule is O=C(NCCc1cnc[nH]1)c1cc(Br)ccc1I. The molecule has 0 bridgehead atoms. The van der Waals surface area contributed by atoms with Gasteiger partial charge >= 0.3 is 0 Å². The summed E-state index contributed by atoms with van der Waals surface area (Å²) in [6.45, 7) is 0.587. The monoisotopic (exact) mass is 419 g/mol. The lowest BCUT2D eigenvalue weighted by Crippen LogP contribution is -2.26. The first-order valence-electron chi connectivity index (χ1n) is 5.37. The van der Waals surface area contributed by atoms with E-state index in [0.717, 1.165) is 20.2 Å². The van der Waals surface area contributed by atoms with Gasteiger partial charge in [0.1, 0.15) is 0 Å². The quantitative estimate of drug-likeness (QED) is 0.748. The third-order valence-electron chi connectivity index (χ3n) is 2.41. The number of carbonyl (C=O) groups excluding carboxylic acids is 1. The van der Waals surface area contributed by atoms with Gasteiger partial charge in [0, 0.05) is 32.9 Å². The topological polar surface area (TPSA) is 57.8 Å². The predicted octanol–water partition coefficient (Wildman–Crippen LogP) is 2.75. The van der Waals surface area contributed by atoms with Crippen LogP contribution in [-0.2, 0) is 6.42 Å². The van der Waals surface area contributed by atoms with Gasteiger partial charge in [-0.1, -0.05) is 15.9 Å². The van der Waals surface area contributed by atoms with Crippen molar-refractivity contribution >= 4 is 44.4 Å². The van der Waals surface area contributed by atoms with E-state index in [2.05, 4.69) is 53.8 Å². The van der Waals surface area contributed by atoms with Gasteiger partial charge in [-0.05, 0) is 40.8 Å². The van der Waals surface area contributed by atoms with Gasteiger partial charge in [0.15, 0.2) is 0 Å². The number of hydrogen-bond donors (Lipinski definition) is 2. The van der Waals surface area contributed by atoms with Crippen LogP contribution in [0, 0.1) is 3.57 Å². The number of H-pyrrole nitrogens is 1. The molecule has 0 aliphatic rings. The molecule has 0 spiro atoms. The maximum Gasteiger partial charge on any atom is 0.252 e. The van der Waals surface area contributed by atoms with Gasteiger partial charge < -0.3 is 10.3 Å². The molecule has 0 atom stereocenters. The van der Waals surface area contributed by atoms with Gasteiger partial charge in [-0.25, -0.2) is 4.98 Å². The lowest BCUT2D eigenvalue weighted by atomic mass is 10.2. The number of aromatic nitrogens is 2. The third-order valence-corrected chi connectivity index (χ3v) is 3.84. The second kappa shape index (κ2) is 6.33. The number of hydrogen-bond acceptors (Lipinski definition) is 2. The number of rotatable bonds is 4. The Bertz CT molecular complexity index is 542. The Hall–Kier alpha value is -0.890. The molecule has 2 rings (SSSR count). The fourth-order valence-corrected chi connectivity index (χ4v) is 2.44. The van der Waals surface area contributed by atoms with Crippen LogP contribution in [0.1, 0.15) is 16.1 Å². The Morgan fingerprint density at radius 3 is 3.06 bits per heavy atom. The van der Waals surface area contributed by atoms with E-state index in [1.54, 1.807) is 12.5 Å². The highest BCUT2D eigenvalue weighted by Gasteiger charge is 2.09. The number of halogens is 2. The molecule has 1 heterocycles. The average molecular weight is 420 g/mol. The first kappa shape index (κ1) is 13.5. The third kappa shape index (κ3) is 3.55. The maximum absolute atomic E-state index is 12.0. The van der Waals surface area contributed by atoms with Crippen molar-refractivity contribution in [3.63, 3.8) is 0 Å². The first-order chi connectivity index (χ1) is 8.66. The van der Waals surface area contributed by atoms with Crippen LogP contribution >= 0.6 is 38.5 Å². The summed E-state index contributed by atoms with van der Waals surface area (Å²) in [7, 11) is 0. The molecule has 18 heavy (non-hydrogen) atoms. The van der Waals surface area contributed by atoms with Crippen molar-refractivity contribution in [1.82, 2.24) is 15.3 Å². The van der Waals surface area contributed by atoms with Gasteiger partial charge in [0.25, 0.3) is 5.91 Å². The molecule has 0 fully saturated rings. The molecule has 2 N–H and O–H groups in total. The van der Waals surface area contributed by atoms with E-state index >= 15 is 0 Å². The molecule has 1 aromatic heterocycles. The van der Waals surface area contributed by atoms with E-state index in [-0.39, 0.29) is 5.91 Å². The Kier molecular flexibility index (Phi) is 4.76. The minimum Gasteiger partial charge on any atom is -0.352 e. The van der Waals surface area contributed by atoms with E-state index < -0.39 is 0 Å². The molecule has 1 aromatic carbocycles.